The molecule has 1 heterocycles. The molecule has 0 atom stereocenters. The molecule has 0 unspecified atom stereocenters. The Bertz CT molecular complexity index is 1070. The molecular formula is C18H16F4N2O4S. The Balaban J connectivity index is 2.59. The number of allylic oxidation sites excluding steroid dienone is 4. The number of nitrogens with two attached hydrogens (primary N) is 1. The van der Waals surface area contributed by atoms with Gasteiger partial charge in [0.2, 0.25) is 10.0 Å². The van der Waals surface area contributed by atoms with Crippen LogP contribution in [0.3, 0.4) is 0 Å². The average molecular weight is 432 g/mol. The topological polar surface area (TPSA) is 95.4 Å². The van der Waals surface area contributed by atoms with Crippen molar-refractivity contribution in [1.29, 1.82) is 0 Å². The predicted octanol–water partition coefficient (Wildman–Crippen LogP) is 4.42. The first kappa shape index (κ1) is 22.4. The lowest BCUT2D eigenvalue weighted by Crippen LogP contribution is -2.11. The third-order valence-corrected chi connectivity index (χ3v) is 4.57. The van der Waals surface area contributed by atoms with Crippen molar-refractivity contribution in [2.75, 3.05) is 7.11 Å². The Morgan fingerprint density at radius 3 is 2.31 bits per heavy atom. The number of hydrogen-bond acceptors (Lipinski definition) is 5. The first-order valence-corrected chi connectivity index (χ1v) is 9.43. The molecule has 0 saturated carbocycles. The molecule has 0 fully saturated rings. The van der Waals surface area contributed by atoms with Crippen LogP contribution < -0.4 is 5.14 Å². The van der Waals surface area contributed by atoms with Crippen LogP contribution in [-0.2, 0) is 20.9 Å². The summed E-state index contributed by atoms with van der Waals surface area (Å²) in [6.45, 7) is 1.46. The minimum absolute atomic E-state index is 0.112. The van der Waals surface area contributed by atoms with Gasteiger partial charge in [0, 0.05) is 11.6 Å². The maximum Gasteiger partial charge on any atom is 0.468 e. The Hall–Kier alpha value is -2.92. The van der Waals surface area contributed by atoms with Crippen molar-refractivity contribution >= 4 is 15.6 Å². The smallest absolute Gasteiger partial charge is 0.468 e. The van der Waals surface area contributed by atoms with E-state index in [0.717, 1.165) is 18.2 Å². The van der Waals surface area contributed by atoms with Gasteiger partial charge in [-0.25, -0.2) is 22.9 Å². The minimum atomic E-state index is -4.84. The summed E-state index contributed by atoms with van der Waals surface area (Å²) in [6.07, 6.45) is -0.888. The predicted molar refractivity (Wildman–Crippen MR) is 97.3 cm³/mol. The molecule has 2 aromatic rings. The average Bonchev–Trinajstić information content (AvgIpc) is 3.10. The third-order valence-electron chi connectivity index (χ3n) is 3.64. The molecule has 0 spiro atoms. The van der Waals surface area contributed by atoms with Gasteiger partial charge in [-0.05, 0) is 30.7 Å². The zero-order valence-electron chi connectivity index (χ0n) is 15.2. The van der Waals surface area contributed by atoms with Crippen molar-refractivity contribution in [2.24, 2.45) is 5.14 Å². The molecule has 1 aromatic heterocycles. The van der Waals surface area contributed by atoms with Crippen LogP contribution in [0.25, 0.3) is 16.8 Å². The van der Waals surface area contributed by atoms with E-state index in [1.54, 1.807) is 0 Å². The molecule has 0 amide bonds. The fourth-order valence-electron chi connectivity index (χ4n) is 2.24. The number of sulfonamides is 1. The van der Waals surface area contributed by atoms with Crippen molar-refractivity contribution in [2.45, 2.75) is 18.0 Å². The Labute approximate surface area is 164 Å². The molecule has 0 bridgehead atoms. The number of nitrogens with zero attached hydrogens (tertiary/aromatic N) is 1. The number of alkyl halides is 3. The molecule has 2 N–H and O–H groups in total. The van der Waals surface area contributed by atoms with Gasteiger partial charge in [0.05, 0.1) is 18.3 Å². The lowest BCUT2D eigenvalue weighted by Gasteiger charge is -2.03. The summed E-state index contributed by atoms with van der Waals surface area (Å²) in [7, 11) is -2.67. The number of benzene rings is 1. The van der Waals surface area contributed by atoms with Gasteiger partial charge < -0.3 is 9.15 Å². The Kier molecular flexibility index (Phi) is 6.65. The van der Waals surface area contributed by atoms with E-state index in [1.165, 1.54) is 38.3 Å². The van der Waals surface area contributed by atoms with Gasteiger partial charge in [-0.15, -0.1) is 0 Å². The van der Waals surface area contributed by atoms with Crippen molar-refractivity contribution in [1.82, 2.24) is 4.98 Å². The van der Waals surface area contributed by atoms with Gasteiger partial charge in [-0.1, -0.05) is 18.2 Å². The number of hydrogen-bond donors (Lipinski definition) is 1. The fourth-order valence-corrected chi connectivity index (χ4v) is 2.76. The van der Waals surface area contributed by atoms with E-state index in [-0.39, 0.29) is 39.6 Å². The standard InChI is InChI=1S/C18H16F4N2O4S/c1-11(3-6-13(27-2)9-10-19)16-15(24-17(28-16)18(20,21)22)12-4-7-14(8-5-12)29(23,25)26/h3-10H,1-2H3,(H2,23,25,26)/b10-9+,11-3+,13-6+. The Morgan fingerprint density at radius 1 is 1.21 bits per heavy atom. The highest BCUT2D eigenvalue weighted by Gasteiger charge is 2.39. The Morgan fingerprint density at radius 2 is 1.83 bits per heavy atom. The lowest BCUT2D eigenvalue weighted by atomic mass is 10.1. The van der Waals surface area contributed by atoms with E-state index in [2.05, 4.69) is 4.98 Å². The van der Waals surface area contributed by atoms with Crippen LogP contribution in [-0.4, -0.2) is 20.5 Å². The molecule has 0 saturated heterocycles. The van der Waals surface area contributed by atoms with Gasteiger partial charge in [0.25, 0.3) is 0 Å². The van der Waals surface area contributed by atoms with E-state index in [9.17, 15) is 26.0 Å². The number of rotatable bonds is 6. The molecule has 6 nitrogen and oxygen atoms in total. The minimum Gasteiger partial charge on any atom is -0.497 e. The number of primary sulfonamides is 1. The quantitative estimate of drug-likeness (QED) is 0.414. The summed E-state index contributed by atoms with van der Waals surface area (Å²) in [5.74, 6) is -1.55. The van der Waals surface area contributed by atoms with Crippen LogP contribution in [0.5, 0.6) is 0 Å². The zero-order chi connectivity index (χ0) is 21.8. The fraction of sp³-hybridized carbons (Fsp3) is 0.167. The van der Waals surface area contributed by atoms with E-state index in [0.29, 0.717) is 0 Å². The van der Waals surface area contributed by atoms with Crippen LogP contribution in [0.2, 0.25) is 0 Å². The molecule has 1 aromatic carbocycles. The molecular weight excluding hydrogens is 416 g/mol. The van der Waals surface area contributed by atoms with Crippen LogP contribution in [0, 0.1) is 0 Å². The first-order valence-electron chi connectivity index (χ1n) is 7.88. The highest BCUT2D eigenvalue weighted by atomic mass is 32.2. The van der Waals surface area contributed by atoms with Gasteiger partial charge in [-0.2, -0.15) is 13.2 Å². The molecule has 0 aliphatic heterocycles. The number of halogens is 4. The summed E-state index contributed by atoms with van der Waals surface area (Å²) in [6, 6.07) is 4.81. The summed E-state index contributed by atoms with van der Waals surface area (Å²) in [4.78, 5) is 3.30. The van der Waals surface area contributed by atoms with Gasteiger partial charge in [0.1, 0.15) is 11.5 Å². The normalized spacial score (nSPS) is 13.9. The van der Waals surface area contributed by atoms with Crippen molar-refractivity contribution in [3.05, 3.63) is 66.2 Å². The largest absolute Gasteiger partial charge is 0.497 e. The molecule has 0 aliphatic rings. The van der Waals surface area contributed by atoms with Gasteiger partial charge in [0.15, 0.2) is 5.76 Å². The molecule has 0 radical (unpaired) electrons. The molecule has 0 aliphatic carbocycles. The van der Waals surface area contributed by atoms with Gasteiger partial charge in [-0.3, -0.25) is 0 Å². The molecule has 29 heavy (non-hydrogen) atoms. The second-order valence-electron chi connectivity index (χ2n) is 5.68. The third kappa shape index (κ3) is 5.55. The number of oxazole rings is 1. The van der Waals surface area contributed by atoms with Crippen LogP contribution in [0.15, 0.2) is 63.9 Å². The number of aromatic nitrogens is 1. The first-order chi connectivity index (χ1) is 13.5. The van der Waals surface area contributed by atoms with Crippen LogP contribution in [0.1, 0.15) is 18.6 Å². The number of ether oxygens (including phenoxy) is 1. The molecule has 2 rings (SSSR count). The second kappa shape index (κ2) is 8.62. The summed E-state index contributed by atoms with van der Waals surface area (Å²) in [5.41, 5.74) is 0.264. The van der Waals surface area contributed by atoms with E-state index >= 15 is 0 Å². The SMILES string of the molecule is COC(/C=C/F)=C/C=C(\C)c1oc(C(F)(F)F)nc1-c1ccc(S(N)(=O)=O)cc1. The van der Waals surface area contributed by atoms with E-state index in [4.69, 9.17) is 14.3 Å². The summed E-state index contributed by atoms with van der Waals surface area (Å²) >= 11 is 0. The van der Waals surface area contributed by atoms with Crippen molar-refractivity contribution in [3.63, 3.8) is 0 Å². The van der Waals surface area contributed by atoms with Crippen molar-refractivity contribution in [3.8, 4) is 11.3 Å². The molecule has 11 heteroatoms. The van der Waals surface area contributed by atoms with Crippen molar-refractivity contribution < 1.29 is 35.1 Å². The second-order valence-corrected chi connectivity index (χ2v) is 7.24. The molecule has 156 valence electrons. The maximum absolute atomic E-state index is 13.1. The highest BCUT2D eigenvalue weighted by Crippen LogP contribution is 2.36. The summed E-state index contributed by atoms with van der Waals surface area (Å²) < 4.78 is 84.1. The monoisotopic (exact) mass is 432 g/mol. The summed E-state index contributed by atoms with van der Waals surface area (Å²) in [5, 5.41) is 5.02. The van der Waals surface area contributed by atoms with Crippen LogP contribution in [0.4, 0.5) is 17.6 Å². The zero-order valence-corrected chi connectivity index (χ0v) is 16.0. The highest BCUT2D eigenvalue weighted by molar-refractivity contribution is 7.89. The number of methoxy groups -OCH3 is 1. The van der Waals surface area contributed by atoms with E-state index in [1.807, 2.05) is 0 Å². The van der Waals surface area contributed by atoms with E-state index < -0.39 is 22.1 Å². The maximum atomic E-state index is 13.1. The van der Waals surface area contributed by atoms with Crippen LogP contribution >= 0.6 is 0 Å². The van der Waals surface area contributed by atoms with Gasteiger partial charge >= 0.3 is 12.1 Å². The lowest BCUT2D eigenvalue weighted by molar-refractivity contribution is -0.157.